The Balaban J connectivity index is 2.49. The summed E-state index contributed by atoms with van der Waals surface area (Å²) in [6, 6.07) is 1.52. The molecule has 21 heavy (non-hydrogen) atoms. The summed E-state index contributed by atoms with van der Waals surface area (Å²) >= 11 is 3.02. The van der Waals surface area contributed by atoms with Crippen molar-refractivity contribution in [1.29, 1.82) is 0 Å². The first-order valence-corrected chi connectivity index (χ1v) is 7.68. The fraction of sp³-hybridized carbons (Fsp3) is 0.643. The van der Waals surface area contributed by atoms with Crippen molar-refractivity contribution in [2.45, 2.75) is 38.9 Å². The van der Waals surface area contributed by atoms with Crippen molar-refractivity contribution in [2.75, 3.05) is 25.5 Å². The third-order valence-electron chi connectivity index (χ3n) is 3.27. The molecule has 0 aliphatic carbocycles. The van der Waals surface area contributed by atoms with Gasteiger partial charge in [0.2, 0.25) is 0 Å². The van der Waals surface area contributed by atoms with Crippen molar-refractivity contribution in [3.8, 4) is 0 Å². The Hall–Kier alpha value is -0.820. The van der Waals surface area contributed by atoms with E-state index in [1.807, 2.05) is 7.05 Å². The van der Waals surface area contributed by atoms with Crippen LogP contribution in [0.15, 0.2) is 16.7 Å². The Morgan fingerprint density at radius 2 is 2.00 bits per heavy atom. The molecule has 1 rings (SSSR count). The van der Waals surface area contributed by atoms with Crippen LogP contribution in [0.3, 0.4) is 0 Å². The molecule has 0 aliphatic rings. The first-order valence-electron chi connectivity index (χ1n) is 6.88. The molecule has 0 saturated heterocycles. The van der Waals surface area contributed by atoms with Crippen LogP contribution >= 0.6 is 15.9 Å². The van der Waals surface area contributed by atoms with Gasteiger partial charge >= 0.3 is 6.18 Å². The lowest BCUT2D eigenvalue weighted by atomic mass is 10.2. The molecule has 0 atom stereocenters. The molecule has 0 spiro atoms. The predicted molar refractivity (Wildman–Crippen MR) is 82.4 cm³/mol. The standard InChI is InChI=1S/C14H21BrF3N3/c1-10(2)21(3)7-5-4-6-19-13-12(14(16,17)18)8-11(15)9-20-13/h8-10H,4-7H2,1-3H3,(H,19,20). The quantitative estimate of drug-likeness (QED) is 0.724. The Morgan fingerprint density at radius 3 is 2.57 bits per heavy atom. The van der Waals surface area contributed by atoms with Gasteiger partial charge in [0.05, 0.1) is 5.56 Å². The monoisotopic (exact) mass is 367 g/mol. The second-order valence-electron chi connectivity index (χ2n) is 5.26. The van der Waals surface area contributed by atoms with Gasteiger partial charge in [-0.3, -0.25) is 0 Å². The van der Waals surface area contributed by atoms with Crippen molar-refractivity contribution in [3.05, 3.63) is 22.3 Å². The largest absolute Gasteiger partial charge is 0.419 e. The van der Waals surface area contributed by atoms with Crippen LogP contribution < -0.4 is 5.32 Å². The van der Waals surface area contributed by atoms with Gasteiger partial charge < -0.3 is 10.2 Å². The SMILES string of the molecule is CC(C)N(C)CCCCNc1ncc(Br)cc1C(F)(F)F. The minimum atomic E-state index is -4.41. The van der Waals surface area contributed by atoms with E-state index < -0.39 is 11.7 Å². The van der Waals surface area contributed by atoms with E-state index in [1.54, 1.807) is 0 Å². The number of hydrogen-bond acceptors (Lipinski definition) is 3. The molecule has 1 aromatic rings. The van der Waals surface area contributed by atoms with Crippen molar-refractivity contribution >= 4 is 21.7 Å². The van der Waals surface area contributed by atoms with Crippen molar-refractivity contribution < 1.29 is 13.2 Å². The summed E-state index contributed by atoms with van der Waals surface area (Å²) in [6.07, 6.45) is -1.31. The Morgan fingerprint density at radius 1 is 1.33 bits per heavy atom. The average Bonchev–Trinajstić information content (AvgIpc) is 2.38. The molecule has 0 bridgehead atoms. The van der Waals surface area contributed by atoms with Gasteiger partial charge in [0.15, 0.2) is 0 Å². The molecule has 1 aromatic heterocycles. The number of rotatable bonds is 7. The predicted octanol–water partition coefficient (Wildman–Crippen LogP) is 4.40. The smallest absolute Gasteiger partial charge is 0.370 e. The molecule has 0 fully saturated rings. The lowest BCUT2D eigenvalue weighted by Gasteiger charge is -2.20. The number of halogens is 4. The number of pyridine rings is 1. The van der Waals surface area contributed by atoms with Crippen LogP contribution in [0.2, 0.25) is 0 Å². The molecule has 0 aliphatic heterocycles. The first kappa shape index (κ1) is 18.2. The number of aromatic nitrogens is 1. The molecular formula is C14H21BrF3N3. The first-order chi connectivity index (χ1) is 9.71. The topological polar surface area (TPSA) is 28.2 Å². The number of unbranched alkanes of at least 4 members (excludes halogenated alkanes) is 1. The molecule has 1 N–H and O–H groups in total. The summed E-state index contributed by atoms with van der Waals surface area (Å²) in [6.45, 7) is 5.63. The maximum absolute atomic E-state index is 12.9. The van der Waals surface area contributed by atoms with E-state index in [2.05, 4.69) is 45.0 Å². The molecule has 7 heteroatoms. The van der Waals surface area contributed by atoms with Crippen molar-refractivity contribution in [1.82, 2.24) is 9.88 Å². The summed E-state index contributed by atoms with van der Waals surface area (Å²) in [5, 5.41) is 2.78. The van der Waals surface area contributed by atoms with Crippen LogP contribution in [0.25, 0.3) is 0 Å². The summed E-state index contributed by atoms with van der Waals surface area (Å²) in [5.74, 6) is -0.108. The molecule has 1 heterocycles. The zero-order valence-corrected chi connectivity index (χ0v) is 14.1. The number of nitrogens with one attached hydrogen (secondary N) is 1. The second kappa shape index (κ2) is 7.98. The summed E-state index contributed by atoms with van der Waals surface area (Å²) in [4.78, 5) is 6.02. The molecule has 3 nitrogen and oxygen atoms in total. The van der Waals surface area contributed by atoms with Crippen molar-refractivity contribution in [3.63, 3.8) is 0 Å². The number of anilines is 1. The summed E-state index contributed by atoms with van der Waals surface area (Å²) < 4.78 is 39.0. The zero-order valence-electron chi connectivity index (χ0n) is 12.5. The highest BCUT2D eigenvalue weighted by Gasteiger charge is 2.34. The lowest BCUT2D eigenvalue weighted by molar-refractivity contribution is -0.137. The van der Waals surface area contributed by atoms with Gasteiger partial charge in [0.1, 0.15) is 5.82 Å². The van der Waals surface area contributed by atoms with E-state index in [-0.39, 0.29) is 5.82 Å². The van der Waals surface area contributed by atoms with Crippen LogP contribution in [0.1, 0.15) is 32.3 Å². The fourth-order valence-corrected chi connectivity index (χ4v) is 2.08. The molecule has 0 radical (unpaired) electrons. The number of hydrogen-bond donors (Lipinski definition) is 1. The second-order valence-corrected chi connectivity index (χ2v) is 6.17. The maximum atomic E-state index is 12.9. The molecule has 0 aromatic carbocycles. The van der Waals surface area contributed by atoms with Crippen LogP contribution in [0.4, 0.5) is 19.0 Å². The van der Waals surface area contributed by atoms with Gasteiger partial charge in [0.25, 0.3) is 0 Å². The highest BCUT2D eigenvalue weighted by Crippen LogP contribution is 2.35. The molecule has 0 amide bonds. The average molecular weight is 368 g/mol. The van der Waals surface area contributed by atoms with E-state index in [9.17, 15) is 13.2 Å². The zero-order chi connectivity index (χ0) is 16.0. The van der Waals surface area contributed by atoms with E-state index in [0.717, 1.165) is 25.5 Å². The Labute approximate surface area is 132 Å². The van der Waals surface area contributed by atoms with Gasteiger partial charge in [-0.15, -0.1) is 0 Å². The fourth-order valence-electron chi connectivity index (χ4n) is 1.75. The van der Waals surface area contributed by atoms with Gasteiger partial charge in [0, 0.05) is 23.3 Å². The third-order valence-corrected chi connectivity index (χ3v) is 3.70. The van der Waals surface area contributed by atoms with Gasteiger partial charge in [-0.1, -0.05) is 0 Å². The van der Waals surface area contributed by atoms with E-state index in [0.29, 0.717) is 17.1 Å². The lowest BCUT2D eigenvalue weighted by Crippen LogP contribution is -2.27. The molecule has 120 valence electrons. The summed E-state index contributed by atoms with van der Waals surface area (Å²) in [5.41, 5.74) is -0.740. The molecule has 0 saturated carbocycles. The van der Waals surface area contributed by atoms with Crippen molar-refractivity contribution in [2.24, 2.45) is 0 Å². The minimum Gasteiger partial charge on any atom is -0.370 e. The van der Waals surface area contributed by atoms with Crippen LogP contribution in [0, 0.1) is 0 Å². The number of nitrogens with zero attached hydrogens (tertiary/aromatic N) is 2. The van der Waals surface area contributed by atoms with Crippen LogP contribution in [-0.2, 0) is 6.18 Å². The van der Waals surface area contributed by atoms with Crippen LogP contribution in [-0.4, -0.2) is 36.1 Å². The molecular weight excluding hydrogens is 347 g/mol. The van der Waals surface area contributed by atoms with E-state index in [4.69, 9.17) is 0 Å². The summed E-state index contributed by atoms with van der Waals surface area (Å²) in [7, 11) is 2.04. The van der Waals surface area contributed by atoms with E-state index in [1.165, 1.54) is 6.20 Å². The highest BCUT2D eigenvalue weighted by molar-refractivity contribution is 9.10. The molecule has 0 unspecified atom stereocenters. The van der Waals surface area contributed by atoms with Crippen LogP contribution in [0.5, 0.6) is 0 Å². The van der Waals surface area contributed by atoms with Gasteiger partial charge in [-0.05, 0) is 62.3 Å². The minimum absolute atomic E-state index is 0.108. The van der Waals surface area contributed by atoms with Gasteiger partial charge in [-0.25, -0.2) is 4.98 Å². The Kier molecular flexibility index (Phi) is 6.93. The Bertz CT molecular complexity index is 450. The number of alkyl halides is 3. The van der Waals surface area contributed by atoms with Gasteiger partial charge in [-0.2, -0.15) is 13.2 Å². The normalized spacial score (nSPS) is 12.2. The van der Waals surface area contributed by atoms with E-state index >= 15 is 0 Å². The highest BCUT2D eigenvalue weighted by atomic mass is 79.9. The third kappa shape index (κ3) is 6.22. The maximum Gasteiger partial charge on any atom is 0.419 e.